The molecule has 0 saturated heterocycles. The Morgan fingerprint density at radius 2 is 1.91 bits per heavy atom. The Labute approximate surface area is 128 Å². The SMILES string of the molecule is Cn1c(Cc2ccc(/C=C/C(=O)O)cc2)nc2ccccc21. The largest absolute Gasteiger partial charge is 0.478 e. The summed E-state index contributed by atoms with van der Waals surface area (Å²) in [4.78, 5) is 15.2. The number of aromatic nitrogens is 2. The van der Waals surface area contributed by atoms with Gasteiger partial charge in [-0.15, -0.1) is 0 Å². The maximum absolute atomic E-state index is 10.5. The molecular formula is C18H16N2O2. The molecule has 3 aromatic rings. The second kappa shape index (κ2) is 5.85. The number of rotatable bonds is 4. The molecule has 0 spiro atoms. The average molecular weight is 292 g/mol. The molecule has 0 fully saturated rings. The Kier molecular flexibility index (Phi) is 3.74. The fourth-order valence-corrected chi connectivity index (χ4v) is 2.45. The molecule has 0 bridgehead atoms. The van der Waals surface area contributed by atoms with E-state index >= 15 is 0 Å². The predicted octanol–water partition coefficient (Wildman–Crippen LogP) is 3.26. The number of carbonyl (C=O) groups is 1. The molecule has 4 nitrogen and oxygen atoms in total. The van der Waals surface area contributed by atoms with Crippen LogP contribution in [0.1, 0.15) is 17.0 Å². The number of para-hydroxylation sites is 2. The molecule has 0 unspecified atom stereocenters. The Bertz CT molecular complexity index is 845. The molecule has 22 heavy (non-hydrogen) atoms. The summed E-state index contributed by atoms with van der Waals surface area (Å²) < 4.78 is 2.10. The van der Waals surface area contributed by atoms with Gasteiger partial charge in [0, 0.05) is 19.5 Å². The lowest BCUT2D eigenvalue weighted by Gasteiger charge is -2.03. The minimum Gasteiger partial charge on any atom is -0.478 e. The first-order valence-electron chi connectivity index (χ1n) is 7.04. The normalized spacial score (nSPS) is 11.3. The fraction of sp³-hybridized carbons (Fsp3) is 0.111. The van der Waals surface area contributed by atoms with Crippen molar-refractivity contribution in [3.8, 4) is 0 Å². The van der Waals surface area contributed by atoms with Crippen LogP contribution >= 0.6 is 0 Å². The van der Waals surface area contributed by atoms with Crippen LogP contribution in [0.15, 0.2) is 54.6 Å². The van der Waals surface area contributed by atoms with Gasteiger partial charge in [-0.05, 0) is 29.3 Å². The van der Waals surface area contributed by atoms with Crippen molar-refractivity contribution in [2.45, 2.75) is 6.42 Å². The first-order valence-corrected chi connectivity index (χ1v) is 7.04. The Balaban J connectivity index is 1.83. The van der Waals surface area contributed by atoms with Crippen molar-refractivity contribution >= 4 is 23.1 Å². The van der Waals surface area contributed by atoms with Crippen LogP contribution in [0.25, 0.3) is 17.1 Å². The average Bonchev–Trinajstić information content (AvgIpc) is 2.83. The molecule has 0 radical (unpaired) electrons. The predicted molar refractivity (Wildman–Crippen MR) is 86.6 cm³/mol. The van der Waals surface area contributed by atoms with Crippen molar-refractivity contribution in [2.75, 3.05) is 0 Å². The van der Waals surface area contributed by atoms with Gasteiger partial charge in [-0.1, -0.05) is 36.4 Å². The smallest absolute Gasteiger partial charge is 0.328 e. The van der Waals surface area contributed by atoms with Crippen LogP contribution in [0.4, 0.5) is 0 Å². The van der Waals surface area contributed by atoms with Crippen LogP contribution in [-0.4, -0.2) is 20.6 Å². The van der Waals surface area contributed by atoms with Gasteiger partial charge in [-0.3, -0.25) is 0 Å². The van der Waals surface area contributed by atoms with Crippen molar-refractivity contribution in [1.82, 2.24) is 9.55 Å². The summed E-state index contributed by atoms with van der Waals surface area (Å²) >= 11 is 0. The number of benzene rings is 2. The number of nitrogens with zero attached hydrogens (tertiary/aromatic N) is 2. The maximum Gasteiger partial charge on any atom is 0.328 e. The summed E-state index contributed by atoms with van der Waals surface area (Å²) in [6.45, 7) is 0. The van der Waals surface area contributed by atoms with E-state index in [9.17, 15) is 4.79 Å². The molecule has 1 N–H and O–H groups in total. The van der Waals surface area contributed by atoms with Crippen LogP contribution in [0.3, 0.4) is 0 Å². The highest BCUT2D eigenvalue weighted by molar-refractivity contribution is 5.85. The number of carboxylic acids is 1. The van der Waals surface area contributed by atoms with Crippen LogP contribution in [-0.2, 0) is 18.3 Å². The molecule has 2 aromatic carbocycles. The minimum atomic E-state index is -0.941. The van der Waals surface area contributed by atoms with E-state index < -0.39 is 5.97 Å². The van der Waals surface area contributed by atoms with Gasteiger partial charge in [0.15, 0.2) is 0 Å². The highest BCUT2D eigenvalue weighted by Crippen LogP contribution is 2.17. The fourth-order valence-electron chi connectivity index (χ4n) is 2.45. The van der Waals surface area contributed by atoms with E-state index in [1.807, 2.05) is 49.5 Å². The molecule has 1 aromatic heterocycles. The molecule has 0 saturated carbocycles. The maximum atomic E-state index is 10.5. The van der Waals surface area contributed by atoms with Gasteiger partial charge < -0.3 is 9.67 Å². The highest BCUT2D eigenvalue weighted by atomic mass is 16.4. The molecular weight excluding hydrogens is 276 g/mol. The molecule has 110 valence electrons. The first-order chi connectivity index (χ1) is 10.6. The van der Waals surface area contributed by atoms with Gasteiger partial charge in [0.1, 0.15) is 5.82 Å². The quantitative estimate of drug-likeness (QED) is 0.751. The van der Waals surface area contributed by atoms with E-state index in [1.165, 1.54) is 0 Å². The minimum absolute atomic E-state index is 0.744. The van der Waals surface area contributed by atoms with Crippen LogP contribution < -0.4 is 0 Å². The standard InChI is InChI=1S/C18H16N2O2/c1-20-16-5-3-2-4-15(16)19-17(20)12-14-8-6-13(7-9-14)10-11-18(21)22/h2-11H,12H2,1H3,(H,21,22)/b11-10+. The van der Waals surface area contributed by atoms with Crippen LogP contribution in [0.5, 0.6) is 0 Å². The summed E-state index contributed by atoms with van der Waals surface area (Å²) in [7, 11) is 2.02. The second-order valence-corrected chi connectivity index (χ2v) is 5.17. The molecule has 1 heterocycles. The van der Waals surface area contributed by atoms with Gasteiger partial charge >= 0.3 is 5.97 Å². The highest BCUT2D eigenvalue weighted by Gasteiger charge is 2.07. The van der Waals surface area contributed by atoms with Crippen LogP contribution in [0, 0.1) is 0 Å². The van der Waals surface area contributed by atoms with E-state index in [0.29, 0.717) is 0 Å². The molecule has 0 aliphatic heterocycles. The van der Waals surface area contributed by atoms with Crippen molar-refractivity contribution in [1.29, 1.82) is 0 Å². The Morgan fingerprint density at radius 1 is 1.18 bits per heavy atom. The zero-order valence-corrected chi connectivity index (χ0v) is 12.2. The van der Waals surface area contributed by atoms with Crippen molar-refractivity contribution in [3.05, 3.63) is 71.6 Å². The molecule has 0 atom stereocenters. The number of aryl methyl sites for hydroxylation is 1. The van der Waals surface area contributed by atoms with E-state index in [4.69, 9.17) is 5.11 Å². The molecule has 0 aliphatic rings. The van der Waals surface area contributed by atoms with Gasteiger partial charge in [0.25, 0.3) is 0 Å². The third-order valence-electron chi connectivity index (χ3n) is 3.64. The second-order valence-electron chi connectivity index (χ2n) is 5.17. The summed E-state index contributed by atoms with van der Waals surface area (Å²) in [6.07, 6.45) is 3.47. The lowest BCUT2D eigenvalue weighted by Crippen LogP contribution is -1.99. The van der Waals surface area contributed by atoms with E-state index in [2.05, 4.69) is 15.6 Å². The van der Waals surface area contributed by atoms with Gasteiger partial charge in [0.05, 0.1) is 11.0 Å². The molecule has 0 amide bonds. The summed E-state index contributed by atoms with van der Waals surface area (Å²) in [6, 6.07) is 15.9. The third kappa shape index (κ3) is 2.91. The molecule has 0 aliphatic carbocycles. The van der Waals surface area contributed by atoms with Gasteiger partial charge in [-0.2, -0.15) is 0 Å². The van der Waals surface area contributed by atoms with Gasteiger partial charge in [-0.25, -0.2) is 9.78 Å². The number of fused-ring (bicyclic) bond motifs is 1. The number of hydrogen-bond acceptors (Lipinski definition) is 2. The lowest BCUT2D eigenvalue weighted by atomic mass is 10.1. The third-order valence-corrected chi connectivity index (χ3v) is 3.64. The van der Waals surface area contributed by atoms with Crippen molar-refractivity contribution in [2.24, 2.45) is 7.05 Å². The lowest BCUT2D eigenvalue weighted by molar-refractivity contribution is -0.131. The zero-order chi connectivity index (χ0) is 15.5. The first kappa shape index (κ1) is 14.1. The number of imidazole rings is 1. The summed E-state index contributed by atoms with van der Waals surface area (Å²) in [5.41, 5.74) is 4.14. The zero-order valence-electron chi connectivity index (χ0n) is 12.2. The van der Waals surface area contributed by atoms with Crippen molar-refractivity contribution in [3.63, 3.8) is 0 Å². The van der Waals surface area contributed by atoms with E-state index in [0.717, 1.165) is 40.5 Å². The van der Waals surface area contributed by atoms with Crippen LogP contribution in [0.2, 0.25) is 0 Å². The van der Waals surface area contributed by atoms with E-state index in [1.54, 1.807) is 6.08 Å². The number of carboxylic acid groups (broad SMARTS) is 1. The van der Waals surface area contributed by atoms with E-state index in [-0.39, 0.29) is 0 Å². The van der Waals surface area contributed by atoms with Crippen molar-refractivity contribution < 1.29 is 9.90 Å². The number of aliphatic carboxylic acids is 1. The molecule has 3 rings (SSSR count). The van der Waals surface area contributed by atoms with Gasteiger partial charge in [0.2, 0.25) is 0 Å². The Hall–Kier alpha value is -2.88. The topological polar surface area (TPSA) is 55.1 Å². The molecule has 4 heteroatoms. The monoisotopic (exact) mass is 292 g/mol. The number of hydrogen-bond donors (Lipinski definition) is 1. The summed E-state index contributed by atoms with van der Waals surface area (Å²) in [5, 5.41) is 8.63. The summed E-state index contributed by atoms with van der Waals surface area (Å²) in [5.74, 6) is 0.0683. The Morgan fingerprint density at radius 3 is 2.59 bits per heavy atom.